The van der Waals surface area contributed by atoms with Gasteiger partial charge in [-0.1, -0.05) is 146 Å². The van der Waals surface area contributed by atoms with Gasteiger partial charge in [0.15, 0.2) is 0 Å². The fraction of sp³-hybridized carbons (Fsp3) is 0.118. The summed E-state index contributed by atoms with van der Waals surface area (Å²) in [6.45, 7) is 6.50. The Morgan fingerprint density at radius 1 is 0.622 bits per heavy atom. The van der Waals surface area contributed by atoms with Crippen LogP contribution < -0.4 is 21.5 Å². The fourth-order valence-electron chi connectivity index (χ4n) is 6.59. The lowest BCUT2D eigenvalue weighted by atomic mass is 9.37. The molecule has 2 heterocycles. The Bertz CT molecular complexity index is 1790. The van der Waals surface area contributed by atoms with Crippen LogP contribution in [-0.2, 0) is 4.57 Å². The number of hydrogen-bond donors (Lipinski definition) is 0. The molecule has 0 spiro atoms. The summed E-state index contributed by atoms with van der Waals surface area (Å²) < 4.78 is 15.7. The summed E-state index contributed by atoms with van der Waals surface area (Å²) in [5, 5.41) is 3.88. The van der Waals surface area contributed by atoms with Crippen LogP contribution in [0.4, 0.5) is 0 Å². The smallest absolute Gasteiger partial charge is 0.243 e. The fourth-order valence-corrected chi connectivity index (χ4v) is 9.95. The largest absolute Gasteiger partial charge is 0.313 e. The van der Waals surface area contributed by atoms with Crippen molar-refractivity contribution in [3.8, 4) is 0 Å². The van der Waals surface area contributed by atoms with E-state index in [0.717, 1.165) is 21.7 Å². The van der Waals surface area contributed by atoms with Crippen molar-refractivity contribution in [2.75, 3.05) is 0 Å². The zero-order chi connectivity index (χ0) is 25.4. The molecule has 3 heteroatoms. The highest BCUT2D eigenvalue weighted by Crippen LogP contribution is 2.61. The normalized spacial score (nSPS) is 18.2. The van der Waals surface area contributed by atoms with Crippen molar-refractivity contribution in [1.82, 2.24) is 0 Å². The van der Waals surface area contributed by atoms with Crippen molar-refractivity contribution in [2.45, 2.75) is 25.9 Å². The Balaban J connectivity index is 1.75. The summed E-state index contributed by atoms with van der Waals surface area (Å²) in [6.07, 6.45) is 0. The minimum Gasteiger partial charge on any atom is -0.313 e. The molecule has 5 aromatic rings. The first-order chi connectivity index (χ1) is 17.9. The highest BCUT2D eigenvalue weighted by molar-refractivity contribution is 7.80. The average Bonchev–Trinajstić information content (AvgIpc) is 3.21. The topological polar surface area (TPSA) is 17.1 Å². The second-order valence-corrected chi connectivity index (χ2v) is 14.7. The molecule has 37 heavy (non-hydrogen) atoms. The highest BCUT2D eigenvalue weighted by atomic mass is 31.2. The van der Waals surface area contributed by atoms with E-state index in [0.29, 0.717) is 0 Å². The average molecular weight is 494 g/mol. The minimum atomic E-state index is -3.05. The van der Waals surface area contributed by atoms with Crippen LogP contribution in [0.5, 0.6) is 0 Å². The number of fused-ring (bicyclic) bond motifs is 8. The predicted molar refractivity (Wildman–Crippen MR) is 161 cm³/mol. The predicted octanol–water partition coefficient (Wildman–Crippen LogP) is 6.39. The molecule has 0 bridgehead atoms. The van der Waals surface area contributed by atoms with Gasteiger partial charge in [0.2, 0.25) is 6.71 Å². The van der Waals surface area contributed by atoms with E-state index in [1.807, 2.05) is 0 Å². The Morgan fingerprint density at radius 3 is 2.05 bits per heavy atom. The van der Waals surface area contributed by atoms with Gasteiger partial charge in [0.05, 0.1) is 0 Å². The van der Waals surface area contributed by atoms with Crippen molar-refractivity contribution in [3.05, 3.63) is 132 Å². The maximum atomic E-state index is 15.7. The van der Waals surface area contributed by atoms with Crippen molar-refractivity contribution >= 4 is 57.2 Å². The molecule has 0 radical (unpaired) electrons. The summed E-state index contributed by atoms with van der Waals surface area (Å²) >= 11 is 0. The third-order valence-electron chi connectivity index (χ3n) is 8.21. The second kappa shape index (κ2) is 7.94. The van der Waals surface area contributed by atoms with Crippen LogP contribution in [0.15, 0.2) is 115 Å². The van der Waals surface area contributed by atoms with Gasteiger partial charge in [0.1, 0.15) is 7.14 Å². The second-order valence-electron chi connectivity index (χ2n) is 11.2. The standard InChI is InChI=1S/C34H28BOP/c1-34(2,3)37(36)29-20-12-10-18-27(29)33-32(31-25-16-8-7-13-23(25)21-22-30(31)37)26-17-9-11-19-28(26)35(33)24-14-5-4-6-15-24/h4-22H,1-3H3. The van der Waals surface area contributed by atoms with Gasteiger partial charge in [-0.2, -0.15) is 0 Å². The molecule has 2 aliphatic heterocycles. The molecule has 1 nitrogen and oxygen atoms in total. The van der Waals surface area contributed by atoms with E-state index in [2.05, 4.69) is 136 Å². The molecule has 0 N–H and O–H groups in total. The lowest BCUT2D eigenvalue weighted by Gasteiger charge is -2.34. The van der Waals surface area contributed by atoms with Crippen LogP contribution in [0.2, 0.25) is 0 Å². The monoisotopic (exact) mass is 494 g/mol. The molecule has 0 amide bonds. The van der Waals surface area contributed by atoms with Crippen LogP contribution in [0.3, 0.4) is 0 Å². The molecule has 0 aliphatic carbocycles. The van der Waals surface area contributed by atoms with Gasteiger partial charge in [0.25, 0.3) is 0 Å². The Labute approximate surface area is 219 Å². The molecule has 5 aromatic carbocycles. The molecule has 2 aliphatic rings. The lowest BCUT2D eigenvalue weighted by Crippen LogP contribution is -2.43. The molecule has 1 unspecified atom stereocenters. The maximum absolute atomic E-state index is 15.7. The molecule has 0 fully saturated rings. The van der Waals surface area contributed by atoms with Crippen LogP contribution in [0.1, 0.15) is 37.5 Å². The first-order valence-electron chi connectivity index (χ1n) is 13.0. The van der Waals surface area contributed by atoms with Gasteiger partial charge in [-0.05, 0) is 33.5 Å². The van der Waals surface area contributed by atoms with E-state index >= 15 is 4.57 Å². The van der Waals surface area contributed by atoms with E-state index in [-0.39, 0.29) is 6.71 Å². The minimum absolute atomic E-state index is 0.0758. The van der Waals surface area contributed by atoms with E-state index < -0.39 is 12.3 Å². The summed E-state index contributed by atoms with van der Waals surface area (Å²) in [5.41, 5.74) is 8.63. The zero-order valence-electron chi connectivity index (χ0n) is 21.4. The molecule has 7 rings (SSSR count). The van der Waals surface area contributed by atoms with Crippen LogP contribution in [0, 0.1) is 0 Å². The third-order valence-corrected chi connectivity index (χ3v) is 12.2. The molecule has 0 saturated heterocycles. The van der Waals surface area contributed by atoms with Crippen molar-refractivity contribution in [1.29, 1.82) is 0 Å². The van der Waals surface area contributed by atoms with Crippen LogP contribution >= 0.6 is 7.14 Å². The van der Waals surface area contributed by atoms with E-state index in [9.17, 15) is 0 Å². The van der Waals surface area contributed by atoms with Crippen molar-refractivity contribution in [2.24, 2.45) is 0 Å². The van der Waals surface area contributed by atoms with Crippen LogP contribution in [0.25, 0.3) is 21.8 Å². The Hall–Kier alpha value is -3.61. The Kier molecular flexibility index (Phi) is 4.85. The lowest BCUT2D eigenvalue weighted by molar-refractivity contribution is 0.564. The summed E-state index contributed by atoms with van der Waals surface area (Å²) in [5.74, 6) is 0. The number of hydrogen-bond acceptors (Lipinski definition) is 1. The number of benzene rings is 5. The van der Waals surface area contributed by atoms with Crippen molar-refractivity contribution in [3.63, 3.8) is 0 Å². The third kappa shape index (κ3) is 3.03. The number of rotatable bonds is 1. The van der Waals surface area contributed by atoms with Crippen LogP contribution in [-0.4, -0.2) is 11.9 Å². The zero-order valence-corrected chi connectivity index (χ0v) is 22.3. The van der Waals surface area contributed by atoms with Gasteiger partial charge >= 0.3 is 0 Å². The summed E-state index contributed by atoms with van der Waals surface area (Å²) in [6, 6.07) is 41.0. The maximum Gasteiger partial charge on any atom is 0.243 e. The van der Waals surface area contributed by atoms with Gasteiger partial charge in [0, 0.05) is 21.3 Å². The van der Waals surface area contributed by atoms with Crippen molar-refractivity contribution < 1.29 is 4.57 Å². The van der Waals surface area contributed by atoms with Gasteiger partial charge in [-0.25, -0.2) is 0 Å². The highest BCUT2D eigenvalue weighted by Gasteiger charge is 2.49. The molecule has 178 valence electrons. The summed E-state index contributed by atoms with van der Waals surface area (Å²) in [4.78, 5) is 0. The summed E-state index contributed by atoms with van der Waals surface area (Å²) in [7, 11) is -3.05. The Morgan fingerprint density at radius 2 is 1.27 bits per heavy atom. The van der Waals surface area contributed by atoms with Gasteiger partial charge in [-0.15, -0.1) is 0 Å². The molecule has 0 aromatic heterocycles. The quantitative estimate of drug-likeness (QED) is 0.195. The van der Waals surface area contributed by atoms with E-state index in [4.69, 9.17) is 0 Å². The van der Waals surface area contributed by atoms with Gasteiger partial charge in [-0.3, -0.25) is 0 Å². The molecule has 0 saturated carbocycles. The molecule has 1 atom stereocenters. The SMILES string of the molecule is CC(C)(C)P1(=O)c2ccccc2C2=C(c3ccccc3B2c2ccccc2)c2c1ccc1ccccc21. The first-order valence-corrected chi connectivity index (χ1v) is 14.7. The van der Waals surface area contributed by atoms with E-state index in [1.165, 1.54) is 38.3 Å². The first kappa shape index (κ1) is 22.6. The van der Waals surface area contributed by atoms with Gasteiger partial charge < -0.3 is 4.57 Å². The molecular formula is C34H28BOP. The molecular weight excluding hydrogens is 466 g/mol. The van der Waals surface area contributed by atoms with E-state index in [1.54, 1.807) is 0 Å².